The lowest BCUT2D eigenvalue weighted by Gasteiger charge is -2.39. The first-order chi connectivity index (χ1) is 17.1. The number of ether oxygens (including phenoxy) is 1. The Labute approximate surface area is 213 Å². The molecule has 0 bridgehead atoms. The maximum absolute atomic E-state index is 14.4. The standard InChI is InChI=1S/C23H22ClF3N4O4S/c1-2-35-22(34)16-14(10-31-11-23(26,27)7-6-15(31)21(32)33)29-19(20-28-8-9-36-20)30-18(16)12-4-3-5-13(25)17(12)24/h3-5,8-9,15,18H,2,6-7,10-11H2,1H3,(H,29,30)(H,32,33). The molecule has 0 saturated carbocycles. The Bertz CT molecular complexity index is 1220. The molecule has 3 heterocycles. The summed E-state index contributed by atoms with van der Waals surface area (Å²) in [5.41, 5.74) is 0.178. The van der Waals surface area contributed by atoms with Gasteiger partial charge in [0, 0.05) is 35.8 Å². The molecule has 36 heavy (non-hydrogen) atoms. The Balaban J connectivity index is 1.86. The van der Waals surface area contributed by atoms with E-state index >= 15 is 0 Å². The monoisotopic (exact) mass is 542 g/mol. The first-order valence-electron chi connectivity index (χ1n) is 11.0. The number of likely N-dealkylation sites (tertiary alicyclic amines) is 1. The van der Waals surface area contributed by atoms with Crippen molar-refractivity contribution in [2.24, 2.45) is 4.99 Å². The molecule has 2 unspecified atom stereocenters. The summed E-state index contributed by atoms with van der Waals surface area (Å²) < 4.78 is 48.2. The van der Waals surface area contributed by atoms with Crippen LogP contribution in [0.4, 0.5) is 13.2 Å². The van der Waals surface area contributed by atoms with Gasteiger partial charge in [-0.05, 0) is 19.4 Å². The van der Waals surface area contributed by atoms with Crippen molar-refractivity contribution in [1.82, 2.24) is 15.2 Å². The normalized spacial score (nSPS) is 22.1. The zero-order valence-corrected chi connectivity index (χ0v) is 20.6. The molecule has 0 radical (unpaired) electrons. The summed E-state index contributed by atoms with van der Waals surface area (Å²) in [5.74, 6) is -5.71. The van der Waals surface area contributed by atoms with Crippen molar-refractivity contribution in [3.8, 4) is 0 Å². The molecule has 2 aliphatic heterocycles. The molecule has 13 heteroatoms. The quantitative estimate of drug-likeness (QED) is 0.509. The third-order valence-corrected chi connectivity index (χ3v) is 7.02. The molecule has 1 aromatic carbocycles. The fraction of sp³-hybridized carbons (Fsp3) is 0.391. The number of halogens is 4. The molecule has 2 N–H and O–H groups in total. The fourth-order valence-electron chi connectivity index (χ4n) is 4.24. The van der Waals surface area contributed by atoms with Crippen LogP contribution in [0.15, 0.2) is 46.0 Å². The zero-order chi connectivity index (χ0) is 26.0. The van der Waals surface area contributed by atoms with E-state index in [0.29, 0.717) is 5.01 Å². The van der Waals surface area contributed by atoms with Crippen LogP contribution in [0.3, 0.4) is 0 Å². The van der Waals surface area contributed by atoms with Crippen LogP contribution in [0.1, 0.15) is 36.4 Å². The number of aliphatic imine (C=N–C) groups is 1. The number of carboxylic acids is 1. The zero-order valence-electron chi connectivity index (χ0n) is 19.0. The summed E-state index contributed by atoms with van der Waals surface area (Å²) in [7, 11) is 0. The number of alkyl halides is 2. The van der Waals surface area contributed by atoms with Gasteiger partial charge in [-0.3, -0.25) is 14.7 Å². The first kappa shape index (κ1) is 26.1. The maximum Gasteiger partial charge on any atom is 0.338 e. The van der Waals surface area contributed by atoms with E-state index in [4.69, 9.17) is 16.3 Å². The number of nitrogens with one attached hydrogen (secondary N) is 1. The summed E-state index contributed by atoms with van der Waals surface area (Å²) in [4.78, 5) is 34.9. The Morgan fingerprint density at radius 1 is 1.39 bits per heavy atom. The summed E-state index contributed by atoms with van der Waals surface area (Å²) >= 11 is 7.48. The number of piperidine rings is 1. The molecule has 4 rings (SSSR count). The number of amidine groups is 1. The van der Waals surface area contributed by atoms with Gasteiger partial charge in [-0.25, -0.2) is 22.9 Å². The van der Waals surface area contributed by atoms with Crippen LogP contribution in [0.5, 0.6) is 0 Å². The molecule has 0 amide bonds. The Morgan fingerprint density at radius 3 is 2.83 bits per heavy atom. The Hall–Kier alpha value is -2.96. The van der Waals surface area contributed by atoms with E-state index in [0.717, 1.165) is 11.0 Å². The van der Waals surface area contributed by atoms with Crippen LogP contribution < -0.4 is 5.32 Å². The molecular weight excluding hydrogens is 521 g/mol. The van der Waals surface area contributed by atoms with E-state index in [1.54, 1.807) is 12.3 Å². The molecule has 0 spiro atoms. The maximum atomic E-state index is 14.4. The number of hydrogen-bond acceptors (Lipinski definition) is 8. The highest BCUT2D eigenvalue weighted by Gasteiger charge is 2.44. The van der Waals surface area contributed by atoms with Crippen LogP contribution in [-0.2, 0) is 14.3 Å². The van der Waals surface area contributed by atoms with Crippen LogP contribution in [0.25, 0.3) is 0 Å². The fourth-order valence-corrected chi connectivity index (χ4v) is 5.06. The van der Waals surface area contributed by atoms with Gasteiger partial charge in [0.15, 0.2) is 10.8 Å². The second kappa shape index (κ2) is 10.6. The van der Waals surface area contributed by atoms with Gasteiger partial charge >= 0.3 is 11.9 Å². The third-order valence-electron chi connectivity index (χ3n) is 5.84. The highest BCUT2D eigenvalue weighted by Crippen LogP contribution is 2.38. The van der Waals surface area contributed by atoms with Gasteiger partial charge in [-0.15, -0.1) is 11.3 Å². The van der Waals surface area contributed by atoms with Crippen molar-refractivity contribution in [1.29, 1.82) is 0 Å². The molecule has 0 aliphatic carbocycles. The summed E-state index contributed by atoms with van der Waals surface area (Å²) in [6.07, 6.45) is 0.701. The van der Waals surface area contributed by atoms with Gasteiger partial charge in [0.05, 0.1) is 23.7 Å². The van der Waals surface area contributed by atoms with Gasteiger partial charge in [0.25, 0.3) is 5.92 Å². The number of aromatic nitrogens is 1. The van der Waals surface area contributed by atoms with Gasteiger partial charge in [-0.2, -0.15) is 0 Å². The van der Waals surface area contributed by atoms with Crippen molar-refractivity contribution >= 4 is 40.7 Å². The van der Waals surface area contributed by atoms with Crippen molar-refractivity contribution in [3.63, 3.8) is 0 Å². The average Bonchev–Trinajstić information content (AvgIpc) is 3.35. The topological polar surface area (TPSA) is 104 Å². The highest BCUT2D eigenvalue weighted by atomic mass is 35.5. The summed E-state index contributed by atoms with van der Waals surface area (Å²) in [6.45, 7) is 0.422. The van der Waals surface area contributed by atoms with Crippen molar-refractivity contribution in [2.75, 3.05) is 19.7 Å². The predicted octanol–water partition coefficient (Wildman–Crippen LogP) is 4.03. The largest absolute Gasteiger partial charge is 0.480 e. The summed E-state index contributed by atoms with van der Waals surface area (Å²) in [6, 6.07) is 1.71. The van der Waals surface area contributed by atoms with Crippen LogP contribution in [0, 0.1) is 5.82 Å². The van der Waals surface area contributed by atoms with E-state index in [1.807, 2.05) is 0 Å². The van der Waals surface area contributed by atoms with E-state index in [-0.39, 0.29) is 47.3 Å². The molecule has 8 nitrogen and oxygen atoms in total. The number of benzene rings is 1. The number of hydrogen-bond donors (Lipinski definition) is 2. The number of carbonyl (C=O) groups is 2. The second-order valence-electron chi connectivity index (χ2n) is 8.25. The number of carbonyl (C=O) groups excluding carboxylic acids is 1. The van der Waals surface area contributed by atoms with Crippen LogP contribution in [0.2, 0.25) is 5.02 Å². The lowest BCUT2D eigenvalue weighted by molar-refractivity contribution is -0.151. The van der Waals surface area contributed by atoms with Crippen LogP contribution >= 0.6 is 22.9 Å². The molecule has 1 aromatic heterocycles. The predicted molar refractivity (Wildman–Crippen MR) is 127 cm³/mol. The van der Waals surface area contributed by atoms with E-state index < -0.39 is 48.7 Å². The lowest BCUT2D eigenvalue weighted by Crippen LogP contribution is -2.54. The molecule has 2 atom stereocenters. The second-order valence-corrected chi connectivity index (χ2v) is 9.52. The average molecular weight is 543 g/mol. The number of carboxylic acid groups (broad SMARTS) is 1. The van der Waals surface area contributed by atoms with E-state index in [1.165, 1.54) is 29.7 Å². The van der Waals surface area contributed by atoms with E-state index in [9.17, 15) is 27.9 Å². The van der Waals surface area contributed by atoms with Gasteiger partial charge in [0.2, 0.25) is 0 Å². The molecule has 1 saturated heterocycles. The smallest absolute Gasteiger partial charge is 0.338 e. The van der Waals surface area contributed by atoms with Gasteiger partial charge in [-0.1, -0.05) is 23.7 Å². The minimum absolute atomic E-state index is 0.00179. The van der Waals surface area contributed by atoms with Crippen molar-refractivity contribution < 1.29 is 32.6 Å². The lowest BCUT2D eigenvalue weighted by atomic mass is 9.93. The molecule has 2 aliphatic rings. The Kier molecular flexibility index (Phi) is 7.67. The van der Waals surface area contributed by atoms with Crippen molar-refractivity contribution in [2.45, 2.75) is 37.8 Å². The van der Waals surface area contributed by atoms with E-state index in [2.05, 4.69) is 15.3 Å². The molecular formula is C23H22ClF3N4O4S. The molecule has 2 aromatic rings. The number of aliphatic carboxylic acids is 1. The molecule has 1 fully saturated rings. The number of thiazole rings is 1. The van der Waals surface area contributed by atoms with Crippen LogP contribution in [-0.4, -0.2) is 64.4 Å². The van der Waals surface area contributed by atoms with Gasteiger partial charge < -0.3 is 15.2 Å². The SMILES string of the molecule is CCOC(=O)C1=C(CN2CC(F)(F)CCC2C(=O)O)NC(c2nccs2)=NC1c1cccc(F)c1Cl. The number of nitrogens with zero attached hydrogens (tertiary/aromatic N) is 3. The molecule has 192 valence electrons. The third kappa shape index (κ3) is 5.40. The minimum atomic E-state index is -3.11. The van der Waals surface area contributed by atoms with Crippen molar-refractivity contribution in [3.05, 3.63) is 62.5 Å². The first-order valence-corrected chi connectivity index (χ1v) is 12.3. The number of rotatable bonds is 7. The number of esters is 1. The summed E-state index contributed by atoms with van der Waals surface area (Å²) in [5, 5.41) is 14.5. The minimum Gasteiger partial charge on any atom is -0.480 e. The van der Waals surface area contributed by atoms with Gasteiger partial charge in [0.1, 0.15) is 17.9 Å². The Morgan fingerprint density at radius 2 is 2.17 bits per heavy atom. The highest BCUT2D eigenvalue weighted by molar-refractivity contribution is 7.11.